The van der Waals surface area contributed by atoms with E-state index in [9.17, 15) is 9.59 Å². The van der Waals surface area contributed by atoms with Crippen molar-refractivity contribution in [3.63, 3.8) is 0 Å². The van der Waals surface area contributed by atoms with Crippen molar-refractivity contribution in [2.24, 2.45) is 0 Å². The molecule has 0 aliphatic carbocycles. The predicted octanol–water partition coefficient (Wildman–Crippen LogP) is -0.136. The SMILES string of the molecule is CNC1CCCC2NCCC(C(C)=O)N2C1=O. The molecule has 2 fully saturated rings. The van der Waals surface area contributed by atoms with Gasteiger partial charge in [0.2, 0.25) is 5.91 Å². The van der Waals surface area contributed by atoms with E-state index in [0.717, 1.165) is 32.2 Å². The molecule has 96 valence electrons. The second-order valence-corrected chi connectivity index (χ2v) is 4.90. The summed E-state index contributed by atoms with van der Waals surface area (Å²) in [5, 5.41) is 6.40. The van der Waals surface area contributed by atoms with Crippen LogP contribution in [0, 0.1) is 0 Å². The van der Waals surface area contributed by atoms with Gasteiger partial charge < -0.3 is 10.2 Å². The summed E-state index contributed by atoms with van der Waals surface area (Å²) in [6, 6.07) is -0.371. The summed E-state index contributed by atoms with van der Waals surface area (Å²) in [6.07, 6.45) is 3.58. The van der Waals surface area contributed by atoms with Crippen LogP contribution in [-0.2, 0) is 9.59 Å². The van der Waals surface area contributed by atoms with Crippen LogP contribution in [0.4, 0.5) is 0 Å². The zero-order valence-electron chi connectivity index (χ0n) is 10.5. The number of ketones is 1. The first-order valence-corrected chi connectivity index (χ1v) is 6.38. The molecule has 0 bridgehead atoms. The van der Waals surface area contributed by atoms with Crippen molar-refractivity contribution in [1.82, 2.24) is 15.5 Å². The second kappa shape index (κ2) is 5.14. The Morgan fingerprint density at radius 1 is 1.41 bits per heavy atom. The number of fused-ring (bicyclic) bond motifs is 1. The number of hydrogen-bond donors (Lipinski definition) is 2. The van der Waals surface area contributed by atoms with Crippen LogP contribution in [0.15, 0.2) is 0 Å². The molecular formula is C12H21N3O2. The molecule has 3 atom stereocenters. The van der Waals surface area contributed by atoms with E-state index in [1.54, 1.807) is 11.8 Å². The van der Waals surface area contributed by atoms with Gasteiger partial charge in [0.25, 0.3) is 0 Å². The first-order chi connectivity index (χ1) is 8.15. The molecule has 0 aromatic rings. The molecule has 0 radical (unpaired) electrons. The van der Waals surface area contributed by atoms with Crippen molar-refractivity contribution in [2.75, 3.05) is 13.6 Å². The topological polar surface area (TPSA) is 61.4 Å². The molecule has 3 unspecified atom stereocenters. The standard InChI is InChI=1S/C12H21N3O2/c1-8(16)10-6-7-14-11-5-3-4-9(13-2)12(17)15(10)11/h9-11,13-14H,3-7H2,1-2H3. The maximum Gasteiger partial charge on any atom is 0.241 e. The summed E-state index contributed by atoms with van der Waals surface area (Å²) in [4.78, 5) is 25.8. The maximum absolute atomic E-state index is 12.4. The third-order valence-electron chi connectivity index (χ3n) is 3.81. The third kappa shape index (κ3) is 2.35. The lowest BCUT2D eigenvalue weighted by atomic mass is 10.0. The first-order valence-electron chi connectivity index (χ1n) is 6.38. The number of amides is 1. The van der Waals surface area contributed by atoms with Gasteiger partial charge in [-0.3, -0.25) is 14.9 Å². The molecule has 2 heterocycles. The van der Waals surface area contributed by atoms with Crippen LogP contribution in [0.5, 0.6) is 0 Å². The third-order valence-corrected chi connectivity index (χ3v) is 3.81. The summed E-state index contributed by atoms with van der Waals surface area (Å²) in [6.45, 7) is 2.41. The highest BCUT2D eigenvalue weighted by molar-refractivity contribution is 5.90. The number of carbonyl (C=O) groups is 2. The number of likely N-dealkylation sites (N-methyl/N-ethyl adjacent to an activating group) is 1. The minimum absolute atomic E-state index is 0.0449. The average Bonchev–Trinajstić information content (AvgIpc) is 2.48. The molecule has 2 saturated heterocycles. The Balaban J connectivity index is 2.24. The minimum Gasteiger partial charge on any atom is -0.316 e. The normalized spacial score (nSPS) is 34.1. The molecule has 2 aliphatic rings. The first kappa shape index (κ1) is 12.5. The Bertz CT molecular complexity index is 319. The van der Waals surface area contributed by atoms with E-state index >= 15 is 0 Å². The maximum atomic E-state index is 12.4. The van der Waals surface area contributed by atoms with Gasteiger partial charge in [-0.1, -0.05) is 0 Å². The minimum atomic E-state index is -0.234. The predicted molar refractivity (Wildman–Crippen MR) is 64.4 cm³/mol. The van der Waals surface area contributed by atoms with Gasteiger partial charge in [0.15, 0.2) is 5.78 Å². The van der Waals surface area contributed by atoms with E-state index in [4.69, 9.17) is 0 Å². The lowest BCUT2D eigenvalue weighted by Gasteiger charge is -2.41. The molecule has 0 saturated carbocycles. The highest BCUT2D eigenvalue weighted by Gasteiger charge is 2.40. The van der Waals surface area contributed by atoms with Gasteiger partial charge in [-0.25, -0.2) is 0 Å². The van der Waals surface area contributed by atoms with Gasteiger partial charge >= 0.3 is 0 Å². The number of hydrogen-bond acceptors (Lipinski definition) is 4. The van der Waals surface area contributed by atoms with Crippen LogP contribution in [0.2, 0.25) is 0 Å². The van der Waals surface area contributed by atoms with Crippen molar-refractivity contribution < 1.29 is 9.59 Å². The Morgan fingerprint density at radius 2 is 2.18 bits per heavy atom. The summed E-state index contributed by atoms with van der Waals surface area (Å²) < 4.78 is 0. The Morgan fingerprint density at radius 3 is 2.82 bits per heavy atom. The summed E-state index contributed by atoms with van der Waals surface area (Å²) in [5.41, 5.74) is 0. The van der Waals surface area contributed by atoms with Crippen LogP contribution in [0.25, 0.3) is 0 Å². The molecule has 2 aliphatic heterocycles. The number of Topliss-reactive ketones (excluding diaryl/α,β-unsaturated/α-hetero) is 1. The molecule has 2 rings (SSSR count). The van der Waals surface area contributed by atoms with Gasteiger partial charge in [0.1, 0.15) is 0 Å². The summed E-state index contributed by atoms with van der Waals surface area (Å²) in [7, 11) is 1.81. The zero-order chi connectivity index (χ0) is 12.4. The van der Waals surface area contributed by atoms with E-state index in [0.29, 0.717) is 0 Å². The van der Waals surface area contributed by atoms with Crippen LogP contribution in [0.3, 0.4) is 0 Å². The van der Waals surface area contributed by atoms with Crippen LogP contribution in [0.1, 0.15) is 32.6 Å². The highest BCUT2D eigenvalue weighted by Crippen LogP contribution is 2.23. The molecule has 5 heteroatoms. The fourth-order valence-corrected chi connectivity index (χ4v) is 2.88. The average molecular weight is 239 g/mol. The van der Waals surface area contributed by atoms with Crippen LogP contribution >= 0.6 is 0 Å². The smallest absolute Gasteiger partial charge is 0.241 e. The Labute approximate surface area is 102 Å². The Kier molecular flexibility index (Phi) is 3.79. The quantitative estimate of drug-likeness (QED) is 0.704. The Hall–Kier alpha value is -0.940. The number of carbonyl (C=O) groups excluding carboxylic acids is 2. The molecule has 2 N–H and O–H groups in total. The van der Waals surface area contributed by atoms with Crippen LogP contribution in [-0.4, -0.2) is 48.4 Å². The van der Waals surface area contributed by atoms with Crippen molar-refractivity contribution >= 4 is 11.7 Å². The van der Waals surface area contributed by atoms with Gasteiger partial charge in [0, 0.05) is 0 Å². The fraction of sp³-hybridized carbons (Fsp3) is 0.833. The molecule has 1 amide bonds. The van der Waals surface area contributed by atoms with E-state index in [1.807, 2.05) is 7.05 Å². The summed E-state index contributed by atoms with van der Waals surface area (Å²) >= 11 is 0. The second-order valence-electron chi connectivity index (χ2n) is 4.90. The largest absolute Gasteiger partial charge is 0.316 e. The molecule has 5 nitrogen and oxygen atoms in total. The number of nitrogens with zero attached hydrogens (tertiary/aromatic N) is 1. The number of rotatable bonds is 2. The molecule has 17 heavy (non-hydrogen) atoms. The van der Waals surface area contributed by atoms with Crippen molar-refractivity contribution in [3.8, 4) is 0 Å². The van der Waals surface area contributed by atoms with E-state index < -0.39 is 0 Å². The lowest BCUT2D eigenvalue weighted by Crippen LogP contribution is -2.62. The number of nitrogens with one attached hydrogen (secondary N) is 2. The molecule has 0 aromatic carbocycles. The fourth-order valence-electron chi connectivity index (χ4n) is 2.88. The monoisotopic (exact) mass is 239 g/mol. The molecule has 0 aromatic heterocycles. The zero-order valence-corrected chi connectivity index (χ0v) is 10.5. The van der Waals surface area contributed by atoms with Crippen molar-refractivity contribution in [1.29, 1.82) is 0 Å². The highest BCUT2D eigenvalue weighted by atomic mass is 16.2. The van der Waals surface area contributed by atoms with Gasteiger partial charge in [-0.15, -0.1) is 0 Å². The van der Waals surface area contributed by atoms with Crippen molar-refractivity contribution in [3.05, 3.63) is 0 Å². The van der Waals surface area contributed by atoms with E-state index in [-0.39, 0.29) is 29.9 Å². The lowest BCUT2D eigenvalue weighted by molar-refractivity contribution is -0.145. The van der Waals surface area contributed by atoms with E-state index in [1.165, 1.54) is 0 Å². The molecular weight excluding hydrogens is 218 g/mol. The molecule has 0 spiro atoms. The van der Waals surface area contributed by atoms with Crippen LogP contribution < -0.4 is 10.6 Å². The van der Waals surface area contributed by atoms with Gasteiger partial charge in [-0.05, 0) is 46.2 Å². The van der Waals surface area contributed by atoms with Gasteiger partial charge in [-0.2, -0.15) is 0 Å². The van der Waals surface area contributed by atoms with Crippen molar-refractivity contribution in [2.45, 2.75) is 50.9 Å². The van der Waals surface area contributed by atoms with Gasteiger partial charge in [0.05, 0.1) is 18.2 Å². The van der Waals surface area contributed by atoms with E-state index in [2.05, 4.69) is 10.6 Å². The summed E-state index contributed by atoms with van der Waals surface area (Å²) in [5.74, 6) is 0.170.